The van der Waals surface area contributed by atoms with Crippen LogP contribution in [0.15, 0.2) is 48.5 Å². The number of hydrogen-bond acceptors (Lipinski definition) is 5. The molecule has 1 amide bonds. The standard InChI is InChI=1S/C27H32N4O2/c1-18(2)24-20(4)28-25(21-11-9-19(3)10-12-21)29-26(24)30-13-15-31(16-14-30)27(32)22-7-6-8-23(17-22)33-5/h6-12,17-18H,13-16H2,1-5H3. The summed E-state index contributed by atoms with van der Waals surface area (Å²) >= 11 is 0. The van der Waals surface area contributed by atoms with E-state index in [-0.39, 0.29) is 5.91 Å². The molecule has 0 unspecified atom stereocenters. The highest BCUT2D eigenvalue weighted by Gasteiger charge is 2.26. The molecule has 3 aromatic rings. The molecule has 1 aliphatic rings. The first kappa shape index (κ1) is 22.8. The van der Waals surface area contributed by atoms with Crippen LogP contribution in [0.5, 0.6) is 5.75 Å². The number of piperazine rings is 1. The fourth-order valence-corrected chi connectivity index (χ4v) is 4.38. The van der Waals surface area contributed by atoms with E-state index in [9.17, 15) is 4.79 Å². The molecule has 0 radical (unpaired) electrons. The van der Waals surface area contributed by atoms with Crippen molar-refractivity contribution in [2.75, 3.05) is 38.2 Å². The van der Waals surface area contributed by atoms with E-state index in [4.69, 9.17) is 14.7 Å². The van der Waals surface area contributed by atoms with E-state index in [2.05, 4.69) is 56.9 Å². The number of amides is 1. The number of carbonyl (C=O) groups excluding carboxylic acids is 1. The van der Waals surface area contributed by atoms with E-state index in [1.807, 2.05) is 23.1 Å². The van der Waals surface area contributed by atoms with Gasteiger partial charge in [0.2, 0.25) is 0 Å². The van der Waals surface area contributed by atoms with Gasteiger partial charge in [-0.3, -0.25) is 4.79 Å². The Labute approximate surface area is 196 Å². The SMILES string of the molecule is COc1cccc(C(=O)N2CCN(c3nc(-c4ccc(C)cc4)nc(C)c3C(C)C)CC2)c1. The minimum absolute atomic E-state index is 0.0387. The van der Waals surface area contributed by atoms with Crippen molar-refractivity contribution in [3.63, 3.8) is 0 Å². The smallest absolute Gasteiger partial charge is 0.254 e. The zero-order chi connectivity index (χ0) is 23.5. The van der Waals surface area contributed by atoms with Gasteiger partial charge in [0.1, 0.15) is 11.6 Å². The molecule has 1 aliphatic heterocycles. The molecule has 0 N–H and O–H groups in total. The number of anilines is 1. The van der Waals surface area contributed by atoms with Crippen molar-refractivity contribution in [1.82, 2.24) is 14.9 Å². The Morgan fingerprint density at radius 1 is 0.970 bits per heavy atom. The molecule has 1 fully saturated rings. The normalized spacial score (nSPS) is 14.0. The second-order valence-corrected chi connectivity index (χ2v) is 8.90. The van der Waals surface area contributed by atoms with Crippen molar-refractivity contribution in [3.05, 3.63) is 70.9 Å². The summed E-state index contributed by atoms with van der Waals surface area (Å²) in [6.07, 6.45) is 0. The Balaban J connectivity index is 1.57. The minimum atomic E-state index is 0.0387. The molecule has 0 aliphatic carbocycles. The maximum Gasteiger partial charge on any atom is 0.254 e. The summed E-state index contributed by atoms with van der Waals surface area (Å²) < 4.78 is 5.27. The first-order chi connectivity index (χ1) is 15.9. The number of rotatable bonds is 5. The fourth-order valence-electron chi connectivity index (χ4n) is 4.38. The second kappa shape index (κ2) is 9.61. The molecule has 6 heteroatoms. The van der Waals surface area contributed by atoms with Crippen LogP contribution in [0, 0.1) is 13.8 Å². The highest BCUT2D eigenvalue weighted by Crippen LogP contribution is 2.31. The van der Waals surface area contributed by atoms with Crippen molar-refractivity contribution in [2.45, 2.75) is 33.6 Å². The Morgan fingerprint density at radius 2 is 1.67 bits per heavy atom. The van der Waals surface area contributed by atoms with Gasteiger partial charge in [-0.2, -0.15) is 0 Å². The van der Waals surface area contributed by atoms with Gasteiger partial charge in [0.25, 0.3) is 5.91 Å². The highest BCUT2D eigenvalue weighted by atomic mass is 16.5. The Hall–Kier alpha value is -3.41. The molecule has 0 atom stereocenters. The molecule has 0 bridgehead atoms. The number of hydrogen-bond donors (Lipinski definition) is 0. The first-order valence-electron chi connectivity index (χ1n) is 11.5. The summed E-state index contributed by atoms with van der Waals surface area (Å²) in [6, 6.07) is 15.7. The summed E-state index contributed by atoms with van der Waals surface area (Å²) in [4.78, 5) is 27.1. The van der Waals surface area contributed by atoms with E-state index >= 15 is 0 Å². The number of carbonyl (C=O) groups is 1. The van der Waals surface area contributed by atoms with Gasteiger partial charge in [-0.25, -0.2) is 9.97 Å². The van der Waals surface area contributed by atoms with Crippen molar-refractivity contribution < 1.29 is 9.53 Å². The zero-order valence-electron chi connectivity index (χ0n) is 20.1. The molecule has 1 aromatic heterocycles. The molecule has 4 rings (SSSR count). The maximum atomic E-state index is 13.0. The van der Waals surface area contributed by atoms with Crippen LogP contribution in [-0.2, 0) is 0 Å². The molecule has 33 heavy (non-hydrogen) atoms. The van der Waals surface area contributed by atoms with Gasteiger partial charge in [0, 0.05) is 48.6 Å². The van der Waals surface area contributed by atoms with E-state index in [0.29, 0.717) is 30.3 Å². The monoisotopic (exact) mass is 444 g/mol. The topological polar surface area (TPSA) is 58.6 Å². The van der Waals surface area contributed by atoms with Gasteiger partial charge in [-0.1, -0.05) is 49.7 Å². The van der Waals surface area contributed by atoms with Gasteiger partial charge in [-0.15, -0.1) is 0 Å². The molecular weight excluding hydrogens is 412 g/mol. The van der Waals surface area contributed by atoms with Gasteiger partial charge in [0.05, 0.1) is 7.11 Å². The quantitative estimate of drug-likeness (QED) is 0.563. The van der Waals surface area contributed by atoms with Gasteiger partial charge in [0.15, 0.2) is 5.82 Å². The number of nitrogens with zero attached hydrogens (tertiary/aromatic N) is 4. The third kappa shape index (κ3) is 4.85. The van der Waals surface area contributed by atoms with Crippen molar-refractivity contribution in [1.29, 1.82) is 0 Å². The third-order valence-electron chi connectivity index (χ3n) is 6.19. The molecule has 2 heterocycles. The third-order valence-corrected chi connectivity index (χ3v) is 6.19. The summed E-state index contributed by atoms with van der Waals surface area (Å²) in [5.41, 5.74) is 5.09. The van der Waals surface area contributed by atoms with Crippen LogP contribution in [0.1, 0.15) is 46.9 Å². The van der Waals surface area contributed by atoms with E-state index < -0.39 is 0 Å². The molecule has 2 aromatic carbocycles. The van der Waals surface area contributed by atoms with Crippen LogP contribution >= 0.6 is 0 Å². The number of benzene rings is 2. The predicted octanol–water partition coefficient (Wildman–Crippen LogP) is 4.85. The lowest BCUT2D eigenvalue weighted by atomic mass is 10.0. The van der Waals surface area contributed by atoms with E-state index in [1.165, 1.54) is 11.1 Å². The number of ether oxygens (including phenoxy) is 1. The summed E-state index contributed by atoms with van der Waals surface area (Å²) in [5.74, 6) is 2.78. The molecule has 0 spiro atoms. The van der Waals surface area contributed by atoms with E-state index in [1.54, 1.807) is 13.2 Å². The fraction of sp³-hybridized carbons (Fsp3) is 0.370. The van der Waals surface area contributed by atoms with Crippen molar-refractivity contribution in [2.24, 2.45) is 0 Å². The lowest BCUT2D eigenvalue weighted by molar-refractivity contribution is 0.0746. The van der Waals surface area contributed by atoms with Crippen LogP contribution in [0.25, 0.3) is 11.4 Å². The van der Waals surface area contributed by atoms with Gasteiger partial charge < -0.3 is 14.5 Å². The van der Waals surface area contributed by atoms with Crippen LogP contribution in [0.3, 0.4) is 0 Å². The van der Waals surface area contributed by atoms with Crippen molar-refractivity contribution >= 4 is 11.7 Å². The summed E-state index contributed by atoms with van der Waals surface area (Å²) in [6.45, 7) is 11.3. The summed E-state index contributed by atoms with van der Waals surface area (Å²) in [7, 11) is 1.61. The van der Waals surface area contributed by atoms with Gasteiger partial charge >= 0.3 is 0 Å². The van der Waals surface area contributed by atoms with E-state index in [0.717, 1.165) is 36.0 Å². The molecule has 1 saturated heterocycles. The second-order valence-electron chi connectivity index (χ2n) is 8.90. The molecule has 6 nitrogen and oxygen atoms in total. The van der Waals surface area contributed by atoms with Gasteiger partial charge in [-0.05, 0) is 38.0 Å². The minimum Gasteiger partial charge on any atom is -0.497 e. The predicted molar refractivity (Wildman–Crippen MR) is 132 cm³/mol. The largest absolute Gasteiger partial charge is 0.497 e. The van der Waals surface area contributed by atoms with Crippen molar-refractivity contribution in [3.8, 4) is 17.1 Å². The first-order valence-corrected chi connectivity index (χ1v) is 11.5. The molecule has 172 valence electrons. The number of methoxy groups -OCH3 is 1. The summed E-state index contributed by atoms with van der Waals surface area (Å²) in [5, 5.41) is 0. The lowest BCUT2D eigenvalue weighted by Gasteiger charge is -2.37. The maximum absolute atomic E-state index is 13.0. The van der Waals surface area contributed by atoms with Crippen LogP contribution in [-0.4, -0.2) is 54.1 Å². The average molecular weight is 445 g/mol. The Kier molecular flexibility index (Phi) is 6.63. The molecular formula is C27H32N4O2. The van der Waals surface area contributed by atoms with Crippen LogP contribution in [0.4, 0.5) is 5.82 Å². The lowest BCUT2D eigenvalue weighted by Crippen LogP contribution is -2.49. The Morgan fingerprint density at radius 3 is 2.30 bits per heavy atom. The number of aromatic nitrogens is 2. The highest BCUT2D eigenvalue weighted by molar-refractivity contribution is 5.94. The van der Waals surface area contributed by atoms with Crippen LogP contribution < -0.4 is 9.64 Å². The average Bonchev–Trinajstić information content (AvgIpc) is 2.83. The zero-order valence-corrected chi connectivity index (χ0v) is 20.1. The van der Waals surface area contributed by atoms with Crippen LogP contribution in [0.2, 0.25) is 0 Å². The number of aryl methyl sites for hydroxylation is 2. The Bertz CT molecular complexity index is 1130. The molecule has 0 saturated carbocycles.